The van der Waals surface area contributed by atoms with Crippen molar-refractivity contribution in [2.45, 2.75) is 45.4 Å². The van der Waals surface area contributed by atoms with Crippen LogP contribution in [0, 0.1) is 0 Å². The summed E-state index contributed by atoms with van der Waals surface area (Å²) >= 11 is 0. The van der Waals surface area contributed by atoms with E-state index < -0.39 is 18.1 Å². The zero-order valence-electron chi connectivity index (χ0n) is 17.9. The maximum Gasteiger partial charge on any atom is 0.308 e. The van der Waals surface area contributed by atoms with Crippen molar-refractivity contribution in [3.63, 3.8) is 0 Å². The number of hydrogen-bond acceptors (Lipinski definition) is 5. The number of amides is 2. The van der Waals surface area contributed by atoms with E-state index >= 15 is 0 Å². The third-order valence-electron chi connectivity index (χ3n) is 5.21. The minimum absolute atomic E-state index is 0.120. The summed E-state index contributed by atoms with van der Waals surface area (Å²) < 4.78 is 11.1. The van der Waals surface area contributed by atoms with Gasteiger partial charge in [-0.15, -0.1) is 0 Å². The Labute approximate surface area is 182 Å². The number of hydrogen-bond donors (Lipinski definition) is 1. The van der Waals surface area contributed by atoms with Gasteiger partial charge in [-0.1, -0.05) is 49.4 Å². The normalized spacial score (nSPS) is 16.9. The number of aryl methyl sites for hydroxylation is 1. The van der Waals surface area contributed by atoms with Gasteiger partial charge in [-0.2, -0.15) is 0 Å². The summed E-state index contributed by atoms with van der Waals surface area (Å²) in [6.45, 7) is 4.47. The highest BCUT2D eigenvalue weighted by Crippen LogP contribution is 2.18. The Bertz CT molecular complexity index is 898. The molecule has 2 unspecified atom stereocenters. The molecule has 164 valence electrons. The van der Waals surface area contributed by atoms with Crippen molar-refractivity contribution in [2.75, 3.05) is 13.1 Å². The fourth-order valence-electron chi connectivity index (χ4n) is 3.43. The molecular formula is C24H28N2O5. The van der Waals surface area contributed by atoms with Gasteiger partial charge >= 0.3 is 5.97 Å². The maximum absolute atomic E-state index is 13.0. The highest BCUT2D eigenvalue weighted by Gasteiger charge is 2.37. The summed E-state index contributed by atoms with van der Waals surface area (Å²) in [5, 5.41) is 2.72. The van der Waals surface area contributed by atoms with Gasteiger partial charge in [-0.05, 0) is 36.6 Å². The molecule has 1 N–H and O–H groups in total. The zero-order valence-corrected chi connectivity index (χ0v) is 17.9. The molecule has 1 saturated heterocycles. The lowest BCUT2D eigenvalue weighted by molar-refractivity contribution is -0.154. The lowest BCUT2D eigenvalue weighted by atomic mass is 10.1. The van der Waals surface area contributed by atoms with Gasteiger partial charge in [-0.3, -0.25) is 14.4 Å². The maximum atomic E-state index is 13.0. The van der Waals surface area contributed by atoms with Gasteiger partial charge < -0.3 is 19.7 Å². The van der Waals surface area contributed by atoms with Crippen molar-refractivity contribution >= 4 is 17.8 Å². The van der Waals surface area contributed by atoms with Crippen LogP contribution in [-0.4, -0.2) is 47.9 Å². The summed E-state index contributed by atoms with van der Waals surface area (Å²) in [6.07, 6.45) is -0.0802. The van der Waals surface area contributed by atoms with Gasteiger partial charge in [0.15, 0.2) is 6.10 Å². The van der Waals surface area contributed by atoms with Crippen LogP contribution in [0.1, 0.15) is 31.4 Å². The minimum Gasteiger partial charge on any atom is -0.481 e. The number of carbonyl (C=O) groups is 3. The monoisotopic (exact) mass is 424 g/mol. The Hall–Kier alpha value is -3.35. The number of benzene rings is 2. The van der Waals surface area contributed by atoms with E-state index in [1.54, 1.807) is 6.92 Å². The second-order valence-corrected chi connectivity index (χ2v) is 7.45. The van der Waals surface area contributed by atoms with Crippen LogP contribution in [-0.2, 0) is 32.1 Å². The van der Waals surface area contributed by atoms with E-state index in [0.717, 1.165) is 12.0 Å². The van der Waals surface area contributed by atoms with Crippen molar-refractivity contribution in [1.82, 2.24) is 10.2 Å². The van der Waals surface area contributed by atoms with Crippen molar-refractivity contribution in [1.29, 1.82) is 0 Å². The number of carbonyl (C=O) groups excluding carboxylic acids is 3. The highest BCUT2D eigenvalue weighted by atomic mass is 16.5. The summed E-state index contributed by atoms with van der Waals surface area (Å²) in [5.74, 6) is -0.656. The average Bonchev–Trinajstić information content (AvgIpc) is 2.79. The van der Waals surface area contributed by atoms with Gasteiger partial charge in [0.25, 0.3) is 5.91 Å². The van der Waals surface area contributed by atoms with Gasteiger partial charge in [0.1, 0.15) is 18.4 Å². The summed E-state index contributed by atoms with van der Waals surface area (Å²) in [4.78, 5) is 39.2. The number of nitrogens with zero attached hydrogens (tertiary/aromatic N) is 1. The van der Waals surface area contributed by atoms with Crippen molar-refractivity contribution in [3.05, 3.63) is 65.7 Å². The number of ether oxygens (including phenoxy) is 2. The number of nitrogens with one attached hydrogen (secondary N) is 1. The molecule has 0 saturated carbocycles. The molecule has 1 heterocycles. The molecule has 1 fully saturated rings. The molecule has 2 aromatic carbocycles. The molecule has 31 heavy (non-hydrogen) atoms. The first kappa shape index (κ1) is 22.3. The van der Waals surface area contributed by atoms with Gasteiger partial charge in [-0.25, -0.2) is 0 Å². The first-order valence-corrected chi connectivity index (χ1v) is 10.5. The summed E-state index contributed by atoms with van der Waals surface area (Å²) in [6, 6.07) is 15.9. The first-order valence-electron chi connectivity index (χ1n) is 10.5. The van der Waals surface area contributed by atoms with E-state index in [1.807, 2.05) is 54.6 Å². The fourth-order valence-corrected chi connectivity index (χ4v) is 3.43. The molecule has 0 aromatic heterocycles. The number of rotatable bonds is 8. The van der Waals surface area contributed by atoms with Gasteiger partial charge in [0, 0.05) is 13.1 Å². The second kappa shape index (κ2) is 10.6. The van der Waals surface area contributed by atoms with E-state index in [4.69, 9.17) is 9.47 Å². The molecule has 7 nitrogen and oxygen atoms in total. The Balaban J connectivity index is 1.60. The van der Waals surface area contributed by atoms with Crippen molar-refractivity contribution in [3.8, 4) is 5.75 Å². The lowest BCUT2D eigenvalue weighted by Crippen LogP contribution is -2.60. The fraction of sp³-hybridized carbons (Fsp3) is 0.375. The molecule has 1 aliphatic heterocycles. The number of esters is 1. The second-order valence-electron chi connectivity index (χ2n) is 7.45. The standard InChI is InChI=1S/C24H28N2O5/c1-3-18-9-11-20(12-10-18)31-17(2)24(29)26-14-13-25-23(28)21(26)15-22(27)30-16-19-7-5-4-6-8-19/h4-12,17,21H,3,13-16H2,1-2H3,(H,25,28). The first-order chi connectivity index (χ1) is 15.0. The third kappa shape index (κ3) is 6.07. The molecule has 7 heteroatoms. The van der Waals surface area contributed by atoms with E-state index in [0.29, 0.717) is 18.8 Å². The van der Waals surface area contributed by atoms with Crippen LogP contribution in [0.4, 0.5) is 0 Å². The number of piperazine rings is 1. The van der Waals surface area contributed by atoms with Crippen LogP contribution in [0.5, 0.6) is 5.75 Å². The minimum atomic E-state index is -0.918. The Morgan fingerprint density at radius 3 is 2.48 bits per heavy atom. The summed E-state index contributed by atoms with van der Waals surface area (Å²) in [5.41, 5.74) is 2.03. The molecule has 3 rings (SSSR count). The largest absolute Gasteiger partial charge is 0.481 e. The predicted octanol–water partition coefficient (Wildman–Crippen LogP) is 2.48. The van der Waals surface area contributed by atoms with Crippen LogP contribution >= 0.6 is 0 Å². The zero-order chi connectivity index (χ0) is 22.2. The predicted molar refractivity (Wildman–Crippen MR) is 115 cm³/mol. The van der Waals surface area contributed by atoms with E-state index in [9.17, 15) is 14.4 Å². The van der Waals surface area contributed by atoms with Crippen molar-refractivity contribution in [2.24, 2.45) is 0 Å². The van der Waals surface area contributed by atoms with Crippen LogP contribution < -0.4 is 10.1 Å². The lowest BCUT2D eigenvalue weighted by Gasteiger charge is -2.36. The quantitative estimate of drug-likeness (QED) is 0.658. The van der Waals surface area contributed by atoms with Crippen LogP contribution in [0.2, 0.25) is 0 Å². The van der Waals surface area contributed by atoms with E-state index in [2.05, 4.69) is 12.2 Å². The average molecular weight is 424 g/mol. The molecule has 2 amide bonds. The van der Waals surface area contributed by atoms with E-state index in [1.165, 1.54) is 10.5 Å². The van der Waals surface area contributed by atoms with Gasteiger partial charge in [0.05, 0.1) is 6.42 Å². The molecule has 2 aromatic rings. The highest BCUT2D eigenvalue weighted by molar-refractivity contribution is 5.93. The van der Waals surface area contributed by atoms with Crippen molar-refractivity contribution < 1.29 is 23.9 Å². The molecule has 2 atom stereocenters. The third-order valence-corrected chi connectivity index (χ3v) is 5.21. The van der Waals surface area contributed by atoms with Gasteiger partial charge in [0.2, 0.25) is 5.91 Å². The molecule has 0 radical (unpaired) electrons. The topological polar surface area (TPSA) is 84.9 Å². The smallest absolute Gasteiger partial charge is 0.308 e. The summed E-state index contributed by atoms with van der Waals surface area (Å²) in [7, 11) is 0. The SMILES string of the molecule is CCc1ccc(OC(C)C(=O)N2CCNC(=O)C2CC(=O)OCc2ccccc2)cc1. The molecular weight excluding hydrogens is 396 g/mol. The van der Waals surface area contributed by atoms with E-state index in [-0.39, 0.29) is 24.8 Å². The van der Waals surface area contributed by atoms with Crippen LogP contribution in [0.3, 0.4) is 0 Å². The Kier molecular flexibility index (Phi) is 7.65. The molecule has 0 spiro atoms. The molecule has 1 aliphatic rings. The molecule has 0 bridgehead atoms. The Morgan fingerprint density at radius 1 is 1.10 bits per heavy atom. The Morgan fingerprint density at radius 2 is 1.81 bits per heavy atom. The van der Waals surface area contributed by atoms with Crippen LogP contribution in [0.25, 0.3) is 0 Å². The molecule has 0 aliphatic carbocycles. The van der Waals surface area contributed by atoms with Crippen LogP contribution in [0.15, 0.2) is 54.6 Å².